The number of alkyl halides is 3. The molecule has 0 saturated heterocycles. The molecule has 2 N–H and O–H groups in total. The number of para-hydroxylation sites is 1. The second-order valence-corrected chi connectivity index (χ2v) is 7.45. The Labute approximate surface area is 158 Å². The normalized spacial score (nSPS) is 14.1. The molecule has 0 bridgehead atoms. The Morgan fingerprint density at radius 2 is 1.96 bits per heavy atom. The molecule has 0 saturated carbocycles. The first-order valence-electron chi connectivity index (χ1n) is 8.39. The van der Waals surface area contributed by atoms with E-state index < -0.39 is 11.7 Å². The van der Waals surface area contributed by atoms with Crippen molar-refractivity contribution in [3.05, 3.63) is 59.1 Å². The quantitative estimate of drug-likeness (QED) is 0.696. The maximum Gasteiger partial charge on any atom is 0.416 e. The third kappa shape index (κ3) is 4.64. The third-order valence-electron chi connectivity index (χ3n) is 4.33. The van der Waals surface area contributed by atoms with Crippen LogP contribution in [0.5, 0.6) is 0 Å². The summed E-state index contributed by atoms with van der Waals surface area (Å²) in [6, 6.07) is 12.4. The summed E-state index contributed by atoms with van der Waals surface area (Å²) in [5, 5.41) is 3.46. The lowest BCUT2D eigenvalue weighted by molar-refractivity contribution is -0.902. The lowest BCUT2D eigenvalue weighted by Crippen LogP contribution is -3.10. The number of benzene rings is 2. The summed E-state index contributed by atoms with van der Waals surface area (Å²) < 4.78 is 39.4. The molecule has 0 radical (unpaired) electrons. The molecule has 1 aromatic heterocycles. The van der Waals surface area contributed by atoms with Crippen molar-refractivity contribution in [1.29, 1.82) is 0 Å². The molecule has 1 amide bonds. The number of likely N-dealkylation sites (N-methyl/N-ethyl adjacent to an activating group) is 1. The molecular formula is C19H19F3N3OS+. The van der Waals surface area contributed by atoms with Gasteiger partial charge in [0, 0.05) is 5.69 Å². The van der Waals surface area contributed by atoms with Crippen molar-refractivity contribution in [3.8, 4) is 0 Å². The number of amides is 1. The van der Waals surface area contributed by atoms with Gasteiger partial charge in [-0.25, -0.2) is 4.98 Å². The summed E-state index contributed by atoms with van der Waals surface area (Å²) >= 11 is 1.58. The summed E-state index contributed by atoms with van der Waals surface area (Å²) in [6.07, 6.45) is -4.44. The van der Waals surface area contributed by atoms with E-state index in [4.69, 9.17) is 0 Å². The maximum absolute atomic E-state index is 12.8. The highest BCUT2D eigenvalue weighted by atomic mass is 32.1. The Hall–Kier alpha value is -2.45. The smallest absolute Gasteiger partial charge is 0.322 e. The minimum absolute atomic E-state index is 0.0188. The van der Waals surface area contributed by atoms with Gasteiger partial charge in [-0.2, -0.15) is 13.2 Å². The van der Waals surface area contributed by atoms with Crippen molar-refractivity contribution in [2.24, 2.45) is 0 Å². The number of fused-ring (bicyclic) bond motifs is 1. The van der Waals surface area contributed by atoms with Gasteiger partial charge in [0.25, 0.3) is 5.91 Å². The highest BCUT2D eigenvalue weighted by Crippen LogP contribution is 2.30. The number of halogens is 3. The van der Waals surface area contributed by atoms with E-state index in [2.05, 4.69) is 10.3 Å². The van der Waals surface area contributed by atoms with Crippen LogP contribution in [0.15, 0.2) is 48.5 Å². The van der Waals surface area contributed by atoms with E-state index >= 15 is 0 Å². The molecule has 0 aliphatic heterocycles. The number of anilines is 1. The fourth-order valence-corrected chi connectivity index (χ4v) is 3.78. The largest absolute Gasteiger partial charge is 0.416 e. The number of thiazole rings is 1. The summed E-state index contributed by atoms with van der Waals surface area (Å²) in [5.74, 6) is -0.347. The van der Waals surface area contributed by atoms with Gasteiger partial charge in [0.05, 0.1) is 22.8 Å². The number of carbonyl (C=O) groups excluding carboxylic acids is 1. The van der Waals surface area contributed by atoms with E-state index in [0.29, 0.717) is 0 Å². The fraction of sp³-hybridized carbons (Fsp3) is 0.263. The lowest BCUT2D eigenvalue weighted by Gasteiger charge is -2.19. The average molecular weight is 394 g/mol. The predicted molar refractivity (Wildman–Crippen MR) is 99.9 cm³/mol. The molecule has 142 valence electrons. The maximum atomic E-state index is 12.8. The Balaban J connectivity index is 1.65. The van der Waals surface area contributed by atoms with Crippen LogP contribution in [0.4, 0.5) is 18.9 Å². The molecule has 1 unspecified atom stereocenters. The van der Waals surface area contributed by atoms with Crippen molar-refractivity contribution < 1.29 is 22.9 Å². The van der Waals surface area contributed by atoms with Crippen LogP contribution >= 0.6 is 11.3 Å². The monoisotopic (exact) mass is 394 g/mol. The minimum Gasteiger partial charge on any atom is -0.322 e. The number of carbonyl (C=O) groups is 1. The van der Waals surface area contributed by atoms with Crippen LogP contribution in [0, 0.1) is 0 Å². The minimum atomic E-state index is -4.44. The van der Waals surface area contributed by atoms with Crippen molar-refractivity contribution in [3.63, 3.8) is 0 Å². The molecule has 2 aromatic carbocycles. The van der Waals surface area contributed by atoms with Gasteiger partial charge in [-0.1, -0.05) is 18.2 Å². The van der Waals surface area contributed by atoms with Crippen molar-refractivity contribution in [2.75, 3.05) is 18.9 Å². The van der Waals surface area contributed by atoms with Crippen LogP contribution in [0.25, 0.3) is 10.2 Å². The van der Waals surface area contributed by atoms with Gasteiger partial charge >= 0.3 is 6.18 Å². The van der Waals surface area contributed by atoms with Crippen LogP contribution in [-0.2, 0) is 11.0 Å². The number of hydrogen-bond acceptors (Lipinski definition) is 3. The van der Waals surface area contributed by atoms with E-state index in [1.165, 1.54) is 12.1 Å². The summed E-state index contributed by atoms with van der Waals surface area (Å²) in [6.45, 7) is 2.10. The molecule has 27 heavy (non-hydrogen) atoms. The van der Waals surface area contributed by atoms with Gasteiger partial charge < -0.3 is 10.2 Å². The molecule has 4 nitrogen and oxygen atoms in total. The fourth-order valence-electron chi connectivity index (χ4n) is 2.67. The van der Waals surface area contributed by atoms with Gasteiger partial charge in [-0.05, 0) is 37.3 Å². The zero-order chi connectivity index (χ0) is 19.6. The average Bonchev–Trinajstić information content (AvgIpc) is 3.04. The Kier molecular flexibility index (Phi) is 5.48. The van der Waals surface area contributed by atoms with Gasteiger partial charge in [0.1, 0.15) is 6.04 Å². The van der Waals surface area contributed by atoms with E-state index in [0.717, 1.165) is 32.3 Å². The third-order valence-corrected chi connectivity index (χ3v) is 5.55. The first-order chi connectivity index (χ1) is 12.7. The van der Waals surface area contributed by atoms with Gasteiger partial charge in [0.2, 0.25) is 0 Å². The summed E-state index contributed by atoms with van der Waals surface area (Å²) in [7, 11) is 1.86. The Morgan fingerprint density at radius 1 is 1.22 bits per heavy atom. The van der Waals surface area contributed by atoms with Crippen LogP contribution in [0.3, 0.4) is 0 Å². The zero-order valence-corrected chi connectivity index (χ0v) is 15.6. The SMILES string of the molecule is C[C@@H](c1nc2ccccc2s1)[NH+](C)CC(=O)Nc1cccc(C(F)(F)F)c1. The Morgan fingerprint density at radius 3 is 2.67 bits per heavy atom. The van der Waals surface area contributed by atoms with Crippen molar-refractivity contribution in [2.45, 2.75) is 19.1 Å². The van der Waals surface area contributed by atoms with Crippen LogP contribution < -0.4 is 10.2 Å². The van der Waals surface area contributed by atoms with Crippen LogP contribution in [0.2, 0.25) is 0 Å². The number of aromatic nitrogens is 1. The molecule has 0 aliphatic rings. The van der Waals surface area contributed by atoms with E-state index in [-0.39, 0.29) is 24.2 Å². The van der Waals surface area contributed by atoms with E-state index in [1.807, 2.05) is 38.2 Å². The van der Waals surface area contributed by atoms with E-state index in [9.17, 15) is 18.0 Å². The zero-order valence-electron chi connectivity index (χ0n) is 14.8. The molecule has 0 aliphatic carbocycles. The highest BCUT2D eigenvalue weighted by Gasteiger charge is 2.30. The molecule has 2 atom stereocenters. The van der Waals surface area contributed by atoms with Crippen LogP contribution in [0.1, 0.15) is 23.5 Å². The second kappa shape index (κ2) is 7.66. The number of quaternary nitrogens is 1. The molecule has 0 spiro atoms. The lowest BCUT2D eigenvalue weighted by atomic mass is 10.2. The highest BCUT2D eigenvalue weighted by molar-refractivity contribution is 7.18. The molecule has 0 fully saturated rings. The molecule has 1 heterocycles. The summed E-state index contributed by atoms with van der Waals surface area (Å²) in [4.78, 5) is 17.8. The first kappa shape index (κ1) is 19.3. The van der Waals surface area contributed by atoms with Crippen molar-refractivity contribution >= 4 is 33.1 Å². The van der Waals surface area contributed by atoms with Crippen LogP contribution in [-0.4, -0.2) is 24.5 Å². The molecular weight excluding hydrogens is 375 g/mol. The molecule has 3 aromatic rings. The summed E-state index contributed by atoms with van der Waals surface area (Å²) in [5.41, 5.74) is 0.268. The first-order valence-corrected chi connectivity index (χ1v) is 9.20. The van der Waals surface area contributed by atoms with Crippen molar-refractivity contribution in [1.82, 2.24) is 4.98 Å². The predicted octanol–water partition coefficient (Wildman–Crippen LogP) is 3.53. The number of nitrogens with one attached hydrogen (secondary N) is 2. The van der Waals surface area contributed by atoms with E-state index in [1.54, 1.807) is 11.3 Å². The number of nitrogens with zero attached hydrogens (tertiary/aromatic N) is 1. The Bertz CT molecular complexity index is 922. The molecule has 8 heteroatoms. The van der Waals surface area contributed by atoms with Gasteiger partial charge in [-0.15, -0.1) is 11.3 Å². The van der Waals surface area contributed by atoms with Gasteiger partial charge in [0.15, 0.2) is 11.6 Å². The topological polar surface area (TPSA) is 46.4 Å². The van der Waals surface area contributed by atoms with Gasteiger partial charge in [-0.3, -0.25) is 4.79 Å². The number of hydrogen-bond donors (Lipinski definition) is 2. The second-order valence-electron chi connectivity index (χ2n) is 6.39. The molecule has 3 rings (SSSR count). The number of rotatable bonds is 5. The standard InChI is InChI=1S/C19H18F3N3OS/c1-12(18-24-15-8-3-4-9-16(15)27-18)25(2)11-17(26)23-14-7-5-6-13(10-14)19(20,21)22/h3-10,12H,11H2,1-2H3,(H,23,26)/p+1/t12-/m0/s1.